The zero-order valence-corrected chi connectivity index (χ0v) is 23.3. The van der Waals surface area contributed by atoms with Crippen molar-refractivity contribution in [1.29, 1.82) is 0 Å². The number of rotatable bonds is 14. The van der Waals surface area contributed by atoms with E-state index in [1.165, 1.54) is 14.1 Å². The number of carbonyl (C=O) groups is 6. The SMILES string of the molecule is CNC(=O)[C@H](CC(C)C)NC(=O)CNC(=O)[C@@H]1N[C@@H](C(=O)NCC(=O)N[C@@H](CC(C)C)C(=O)NC)[C@@H](O)[C@@H]1O. The third kappa shape index (κ3) is 10.8. The van der Waals surface area contributed by atoms with E-state index in [1.54, 1.807) is 0 Å². The van der Waals surface area contributed by atoms with E-state index in [-0.39, 0.29) is 23.7 Å². The van der Waals surface area contributed by atoms with Gasteiger partial charge in [-0.2, -0.15) is 0 Å². The number of carbonyl (C=O) groups excluding carboxylic acids is 6. The Balaban J connectivity index is 2.64. The van der Waals surface area contributed by atoms with Gasteiger partial charge in [-0.1, -0.05) is 27.7 Å². The number of amides is 6. The molecule has 15 heteroatoms. The van der Waals surface area contributed by atoms with Crippen LogP contribution in [0.2, 0.25) is 0 Å². The molecule has 1 rings (SSSR count). The second-order valence-electron chi connectivity index (χ2n) is 10.3. The minimum atomic E-state index is -1.68. The van der Waals surface area contributed by atoms with E-state index in [0.717, 1.165) is 0 Å². The highest BCUT2D eigenvalue weighted by Gasteiger charge is 2.47. The average molecular weight is 558 g/mol. The summed E-state index contributed by atoms with van der Waals surface area (Å²) in [5.41, 5.74) is 0. The number of aliphatic hydroxyl groups is 2. The van der Waals surface area contributed by atoms with Crippen molar-refractivity contribution < 1.29 is 39.0 Å². The van der Waals surface area contributed by atoms with E-state index >= 15 is 0 Å². The first-order valence-electron chi connectivity index (χ1n) is 12.9. The lowest BCUT2D eigenvalue weighted by Crippen LogP contribution is -2.54. The van der Waals surface area contributed by atoms with Crippen molar-refractivity contribution in [1.82, 2.24) is 37.2 Å². The van der Waals surface area contributed by atoms with Crippen LogP contribution in [0.4, 0.5) is 0 Å². The van der Waals surface area contributed by atoms with Crippen LogP contribution in [0.3, 0.4) is 0 Å². The van der Waals surface area contributed by atoms with Crippen molar-refractivity contribution in [3.8, 4) is 0 Å². The van der Waals surface area contributed by atoms with Gasteiger partial charge in [0.1, 0.15) is 36.4 Å². The summed E-state index contributed by atoms with van der Waals surface area (Å²) in [5, 5.41) is 37.7. The van der Waals surface area contributed by atoms with E-state index in [0.29, 0.717) is 12.8 Å². The van der Waals surface area contributed by atoms with Crippen LogP contribution in [0.1, 0.15) is 40.5 Å². The second-order valence-corrected chi connectivity index (χ2v) is 10.3. The third-order valence-corrected chi connectivity index (χ3v) is 6.01. The third-order valence-electron chi connectivity index (χ3n) is 6.01. The fourth-order valence-electron chi connectivity index (χ4n) is 4.05. The van der Waals surface area contributed by atoms with Crippen LogP contribution in [0.5, 0.6) is 0 Å². The van der Waals surface area contributed by atoms with Gasteiger partial charge in [-0.15, -0.1) is 0 Å². The Morgan fingerprint density at radius 2 is 1.00 bits per heavy atom. The Kier molecular flexibility index (Phi) is 13.8. The number of hydrogen-bond acceptors (Lipinski definition) is 9. The fourth-order valence-corrected chi connectivity index (χ4v) is 4.05. The predicted octanol–water partition coefficient (Wildman–Crippen LogP) is -4.17. The molecule has 0 aromatic rings. The molecule has 9 N–H and O–H groups in total. The molecule has 0 saturated carbocycles. The van der Waals surface area contributed by atoms with Gasteiger partial charge in [0.25, 0.3) is 0 Å². The number of likely N-dealkylation sites (N-methyl/N-ethyl adjacent to an activating group) is 2. The minimum absolute atomic E-state index is 0.118. The quantitative estimate of drug-likeness (QED) is 0.101. The van der Waals surface area contributed by atoms with Crippen LogP contribution in [-0.2, 0) is 28.8 Å². The fraction of sp³-hybridized carbons (Fsp3) is 0.750. The zero-order chi connectivity index (χ0) is 29.9. The lowest BCUT2D eigenvalue weighted by atomic mass is 10.0. The molecular formula is C24H43N7O8. The van der Waals surface area contributed by atoms with Gasteiger partial charge in [-0.25, -0.2) is 0 Å². The first-order valence-corrected chi connectivity index (χ1v) is 12.9. The molecule has 1 aliphatic rings. The molecule has 0 aromatic heterocycles. The topological polar surface area (TPSA) is 227 Å². The largest absolute Gasteiger partial charge is 0.388 e. The highest BCUT2D eigenvalue weighted by atomic mass is 16.3. The number of aliphatic hydroxyl groups excluding tert-OH is 2. The number of hydrogen-bond donors (Lipinski definition) is 9. The van der Waals surface area contributed by atoms with Gasteiger partial charge >= 0.3 is 0 Å². The Bertz CT molecular complexity index is 828. The maximum absolute atomic E-state index is 12.6. The number of nitrogens with one attached hydrogen (secondary N) is 7. The Hall–Kier alpha value is -3.30. The van der Waals surface area contributed by atoms with E-state index in [4.69, 9.17) is 0 Å². The summed E-state index contributed by atoms with van der Waals surface area (Å²) in [5.74, 6) is -3.52. The molecule has 1 aliphatic heterocycles. The van der Waals surface area contributed by atoms with Gasteiger partial charge < -0.3 is 42.1 Å². The van der Waals surface area contributed by atoms with Gasteiger partial charge in [0.2, 0.25) is 35.4 Å². The first kappa shape index (κ1) is 33.7. The summed E-state index contributed by atoms with van der Waals surface area (Å²) in [6, 6.07) is -4.43. The molecule has 15 nitrogen and oxygen atoms in total. The molecule has 0 spiro atoms. The van der Waals surface area contributed by atoms with E-state index in [2.05, 4.69) is 37.2 Å². The summed E-state index contributed by atoms with van der Waals surface area (Å²) < 4.78 is 0. The molecule has 0 aliphatic carbocycles. The molecule has 0 aromatic carbocycles. The van der Waals surface area contributed by atoms with Crippen molar-refractivity contribution in [3.63, 3.8) is 0 Å². The normalized spacial score (nSPS) is 22.0. The smallest absolute Gasteiger partial charge is 0.242 e. The molecule has 0 bridgehead atoms. The van der Waals surface area contributed by atoms with Crippen LogP contribution in [0.15, 0.2) is 0 Å². The van der Waals surface area contributed by atoms with Crippen molar-refractivity contribution in [2.45, 2.75) is 76.9 Å². The monoisotopic (exact) mass is 557 g/mol. The van der Waals surface area contributed by atoms with Crippen LogP contribution in [0.25, 0.3) is 0 Å². The lowest BCUT2D eigenvalue weighted by Gasteiger charge is -2.20. The molecule has 1 saturated heterocycles. The Labute approximate surface area is 228 Å². The lowest BCUT2D eigenvalue weighted by molar-refractivity contribution is -0.131. The highest BCUT2D eigenvalue weighted by molar-refractivity contribution is 5.94. The maximum Gasteiger partial charge on any atom is 0.242 e. The summed E-state index contributed by atoms with van der Waals surface area (Å²) >= 11 is 0. The summed E-state index contributed by atoms with van der Waals surface area (Å²) in [6.45, 7) is 6.52. The van der Waals surface area contributed by atoms with Crippen molar-refractivity contribution in [2.75, 3.05) is 27.2 Å². The first-order chi connectivity index (χ1) is 18.2. The molecule has 6 amide bonds. The predicted molar refractivity (Wildman–Crippen MR) is 140 cm³/mol. The Morgan fingerprint density at radius 1 is 0.667 bits per heavy atom. The van der Waals surface area contributed by atoms with Gasteiger partial charge in [-0.05, 0) is 24.7 Å². The van der Waals surface area contributed by atoms with Gasteiger partial charge in [0.05, 0.1) is 13.1 Å². The summed E-state index contributed by atoms with van der Waals surface area (Å²) in [6.07, 6.45) is -2.59. The van der Waals surface area contributed by atoms with E-state index < -0.39 is 73.1 Å². The standard InChI is InChI=1S/C24H43N7O8/c1-11(2)7-13(21(36)25-5)29-15(32)9-27-23(38)17-19(34)20(35)18(31-17)24(39)28-10-16(33)30-14(8-12(3)4)22(37)26-6/h11-14,17-20,31,34-35H,7-10H2,1-6H3,(H,25,36)(H,26,37)(H,27,38)(H,28,39)(H,29,32)(H,30,33)/t13-,14-,17+,18+,19+,20+/m0/s1. The molecule has 39 heavy (non-hydrogen) atoms. The Morgan fingerprint density at radius 3 is 1.28 bits per heavy atom. The van der Waals surface area contributed by atoms with E-state index in [9.17, 15) is 39.0 Å². The maximum atomic E-state index is 12.6. The minimum Gasteiger partial charge on any atom is -0.388 e. The van der Waals surface area contributed by atoms with Crippen LogP contribution >= 0.6 is 0 Å². The van der Waals surface area contributed by atoms with Crippen LogP contribution in [-0.4, -0.2) is 109 Å². The zero-order valence-electron chi connectivity index (χ0n) is 23.3. The van der Waals surface area contributed by atoms with Gasteiger partial charge in [0, 0.05) is 14.1 Å². The van der Waals surface area contributed by atoms with Crippen LogP contribution in [0, 0.1) is 11.8 Å². The molecule has 0 radical (unpaired) electrons. The van der Waals surface area contributed by atoms with Crippen LogP contribution < -0.4 is 37.2 Å². The summed E-state index contributed by atoms with van der Waals surface area (Å²) in [7, 11) is 2.88. The van der Waals surface area contributed by atoms with E-state index in [1.807, 2.05) is 27.7 Å². The van der Waals surface area contributed by atoms with Gasteiger partial charge in [-0.3, -0.25) is 34.1 Å². The highest BCUT2D eigenvalue weighted by Crippen LogP contribution is 2.15. The second kappa shape index (κ2) is 16.0. The van der Waals surface area contributed by atoms with Crippen molar-refractivity contribution in [3.05, 3.63) is 0 Å². The van der Waals surface area contributed by atoms with Gasteiger partial charge in [0.15, 0.2) is 0 Å². The average Bonchev–Trinajstić information content (AvgIpc) is 3.17. The van der Waals surface area contributed by atoms with Crippen molar-refractivity contribution >= 4 is 35.4 Å². The molecular weight excluding hydrogens is 514 g/mol. The van der Waals surface area contributed by atoms with Crippen molar-refractivity contribution in [2.24, 2.45) is 11.8 Å². The molecule has 0 unspecified atom stereocenters. The summed E-state index contributed by atoms with van der Waals surface area (Å²) in [4.78, 5) is 73.6. The molecule has 1 heterocycles. The molecule has 6 atom stereocenters. The molecule has 1 fully saturated rings. The molecule has 222 valence electrons.